The normalized spacial score (nSPS) is 11.2. The Morgan fingerprint density at radius 2 is 0.613 bits per heavy atom. The lowest BCUT2D eigenvalue weighted by Crippen LogP contribution is -2.00. The van der Waals surface area contributed by atoms with Gasteiger partial charge in [-0.3, -0.25) is 0 Å². The van der Waals surface area contributed by atoms with Crippen LogP contribution in [0.3, 0.4) is 0 Å². The van der Waals surface area contributed by atoms with Crippen LogP contribution in [0.15, 0.2) is 231 Å². The predicted molar refractivity (Wildman–Crippen MR) is 256 cm³/mol. The maximum absolute atomic E-state index is 5.48. The summed E-state index contributed by atoms with van der Waals surface area (Å²) in [5.74, 6) is 1.84. The Balaban J connectivity index is 1.06. The van der Waals surface area contributed by atoms with Crippen molar-refractivity contribution in [1.29, 1.82) is 0 Å². The molecule has 0 bridgehead atoms. The van der Waals surface area contributed by atoms with Crippen LogP contribution in [0.4, 0.5) is 0 Å². The van der Waals surface area contributed by atoms with Gasteiger partial charge in [-0.25, -0.2) is 19.9 Å². The summed E-state index contributed by atoms with van der Waals surface area (Å²) in [6, 6.07) is 80.5. The third-order valence-corrected chi connectivity index (χ3v) is 11.5. The van der Waals surface area contributed by atoms with E-state index in [2.05, 4.69) is 188 Å². The van der Waals surface area contributed by atoms with Crippen LogP contribution in [0.25, 0.3) is 112 Å². The van der Waals surface area contributed by atoms with Gasteiger partial charge < -0.3 is 0 Å². The molecule has 0 aliphatic rings. The molecule has 0 unspecified atom stereocenters. The fraction of sp³-hybridized carbons (Fsp3) is 0. The van der Waals surface area contributed by atoms with E-state index in [0.29, 0.717) is 17.5 Å². The Bertz CT molecular complexity index is 3300. The van der Waals surface area contributed by atoms with Crippen molar-refractivity contribution in [1.82, 2.24) is 19.9 Å². The molecule has 62 heavy (non-hydrogen) atoms. The lowest BCUT2D eigenvalue weighted by atomic mass is 9.91. The van der Waals surface area contributed by atoms with E-state index in [4.69, 9.17) is 19.9 Å². The van der Waals surface area contributed by atoms with Crippen molar-refractivity contribution < 1.29 is 0 Å². The third kappa shape index (κ3) is 7.00. The van der Waals surface area contributed by atoms with Crippen LogP contribution in [0.5, 0.6) is 0 Å². The van der Waals surface area contributed by atoms with Gasteiger partial charge in [0.2, 0.25) is 0 Å². The van der Waals surface area contributed by atoms with Gasteiger partial charge in [0.05, 0.1) is 11.2 Å². The van der Waals surface area contributed by atoms with Crippen molar-refractivity contribution in [2.24, 2.45) is 0 Å². The summed E-state index contributed by atoms with van der Waals surface area (Å²) >= 11 is 0. The molecule has 0 spiro atoms. The van der Waals surface area contributed by atoms with E-state index in [9.17, 15) is 0 Å². The van der Waals surface area contributed by atoms with Crippen molar-refractivity contribution in [2.45, 2.75) is 0 Å². The van der Waals surface area contributed by atoms with Crippen LogP contribution in [0, 0.1) is 0 Å². The van der Waals surface area contributed by atoms with Crippen LogP contribution in [0.2, 0.25) is 0 Å². The number of rotatable bonds is 8. The first-order chi connectivity index (χ1) is 30.7. The van der Waals surface area contributed by atoms with Gasteiger partial charge in [0.1, 0.15) is 0 Å². The summed E-state index contributed by atoms with van der Waals surface area (Å²) in [4.78, 5) is 20.9. The molecule has 0 atom stereocenters. The molecule has 0 saturated heterocycles. The van der Waals surface area contributed by atoms with Gasteiger partial charge in [0, 0.05) is 44.0 Å². The van der Waals surface area contributed by atoms with E-state index in [0.717, 1.165) is 77.6 Å². The van der Waals surface area contributed by atoms with E-state index >= 15 is 0 Å². The van der Waals surface area contributed by atoms with Crippen molar-refractivity contribution in [3.05, 3.63) is 231 Å². The maximum Gasteiger partial charge on any atom is 0.164 e. The number of para-hydroxylation sites is 1. The Labute approximate surface area is 360 Å². The van der Waals surface area contributed by atoms with E-state index in [1.165, 1.54) is 16.5 Å². The van der Waals surface area contributed by atoms with Crippen LogP contribution in [-0.4, -0.2) is 19.9 Å². The first kappa shape index (κ1) is 36.7. The third-order valence-electron chi connectivity index (χ3n) is 11.5. The molecular formula is C58H38N4. The first-order valence-electron chi connectivity index (χ1n) is 20.9. The predicted octanol–water partition coefficient (Wildman–Crippen LogP) is 14.9. The topological polar surface area (TPSA) is 51.6 Å². The first-order valence-corrected chi connectivity index (χ1v) is 20.9. The average Bonchev–Trinajstić information content (AvgIpc) is 3.37. The molecule has 9 aromatic carbocycles. The number of hydrogen-bond donors (Lipinski definition) is 0. The molecule has 0 fully saturated rings. The van der Waals surface area contributed by atoms with Gasteiger partial charge in [-0.15, -0.1) is 0 Å². The highest BCUT2D eigenvalue weighted by Crippen LogP contribution is 2.41. The monoisotopic (exact) mass is 790 g/mol. The van der Waals surface area contributed by atoms with E-state index in [1.807, 2.05) is 42.5 Å². The molecule has 0 amide bonds. The SMILES string of the molecule is c1ccc(-c2cc(-c3ccccc3)cc(-c3nc(-c4ccccc4)nc(-c4ccc(-c5cccc6c5nc(-c5ccccc5)c5cccc(-c7ccccc7)c56)cc4)n3)c2)cc1. The molecular weight excluding hydrogens is 753 g/mol. The van der Waals surface area contributed by atoms with Gasteiger partial charge in [-0.05, 0) is 57.1 Å². The quantitative estimate of drug-likeness (QED) is 0.144. The lowest BCUT2D eigenvalue weighted by molar-refractivity contribution is 1.07. The second-order valence-corrected chi connectivity index (χ2v) is 15.4. The van der Waals surface area contributed by atoms with Gasteiger partial charge in [-0.1, -0.05) is 212 Å². The summed E-state index contributed by atoms with van der Waals surface area (Å²) < 4.78 is 0. The Morgan fingerprint density at radius 1 is 0.226 bits per heavy atom. The van der Waals surface area contributed by atoms with Crippen LogP contribution < -0.4 is 0 Å². The lowest BCUT2D eigenvalue weighted by Gasteiger charge is -2.16. The largest absolute Gasteiger partial charge is 0.246 e. The molecule has 2 aromatic heterocycles. The number of hydrogen-bond acceptors (Lipinski definition) is 4. The zero-order valence-corrected chi connectivity index (χ0v) is 33.7. The number of pyridine rings is 1. The molecule has 4 nitrogen and oxygen atoms in total. The second kappa shape index (κ2) is 16.0. The minimum Gasteiger partial charge on any atom is -0.246 e. The highest BCUT2D eigenvalue weighted by atomic mass is 15.0. The van der Waals surface area contributed by atoms with Crippen molar-refractivity contribution in [2.75, 3.05) is 0 Å². The molecule has 0 aliphatic carbocycles. The number of aromatic nitrogens is 4. The highest BCUT2D eigenvalue weighted by Gasteiger charge is 2.19. The second-order valence-electron chi connectivity index (χ2n) is 15.4. The number of nitrogens with zero attached hydrogens (tertiary/aromatic N) is 4. The molecule has 0 aliphatic heterocycles. The summed E-state index contributed by atoms with van der Waals surface area (Å²) in [6.45, 7) is 0. The van der Waals surface area contributed by atoms with Gasteiger partial charge in [0.15, 0.2) is 17.5 Å². The summed E-state index contributed by atoms with van der Waals surface area (Å²) in [5, 5.41) is 3.43. The molecule has 2 heterocycles. The summed E-state index contributed by atoms with van der Waals surface area (Å²) in [6.07, 6.45) is 0. The van der Waals surface area contributed by atoms with E-state index < -0.39 is 0 Å². The van der Waals surface area contributed by atoms with Crippen LogP contribution in [-0.2, 0) is 0 Å². The van der Waals surface area contributed by atoms with Crippen molar-refractivity contribution >= 4 is 21.7 Å². The summed E-state index contributed by atoms with van der Waals surface area (Å²) in [5.41, 5.74) is 14.7. The number of benzene rings is 9. The average molecular weight is 791 g/mol. The van der Waals surface area contributed by atoms with E-state index in [-0.39, 0.29) is 0 Å². The molecule has 0 N–H and O–H groups in total. The minimum atomic E-state index is 0.604. The maximum atomic E-state index is 5.48. The van der Waals surface area contributed by atoms with Gasteiger partial charge in [-0.2, -0.15) is 0 Å². The van der Waals surface area contributed by atoms with E-state index in [1.54, 1.807) is 0 Å². The molecule has 4 heteroatoms. The Hall–Kier alpha value is -8.34. The van der Waals surface area contributed by atoms with Crippen molar-refractivity contribution in [3.8, 4) is 89.9 Å². The minimum absolute atomic E-state index is 0.604. The summed E-state index contributed by atoms with van der Waals surface area (Å²) in [7, 11) is 0. The fourth-order valence-corrected chi connectivity index (χ4v) is 8.49. The van der Waals surface area contributed by atoms with Gasteiger partial charge in [0.25, 0.3) is 0 Å². The Morgan fingerprint density at radius 3 is 1.16 bits per heavy atom. The van der Waals surface area contributed by atoms with Gasteiger partial charge >= 0.3 is 0 Å². The molecule has 11 rings (SSSR count). The van der Waals surface area contributed by atoms with Crippen LogP contribution >= 0.6 is 0 Å². The molecule has 0 saturated carbocycles. The number of fused-ring (bicyclic) bond motifs is 3. The molecule has 0 radical (unpaired) electrons. The van der Waals surface area contributed by atoms with Crippen molar-refractivity contribution in [3.63, 3.8) is 0 Å². The molecule has 290 valence electrons. The smallest absolute Gasteiger partial charge is 0.164 e. The molecule has 11 aromatic rings. The van der Waals surface area contributed by atoms with Crippen LogP contribution in [0.1, 0.15) is 0 Å². The standard InChI is InChI=1S/C58H38N4/c1-6-18-39(19-7-1)46-36-47(40-20-8-2-9-21-40)38-48(37-46)58-61-56(44-26-14-5-15-27-44)60-57(62-58)45-34-32-42(33-35-45)50-29-17-31-52-53-49(41-22-10-3-11-23-41)28-16-30-51(53)54(59-55(50)52)43-24-12-4-13-25-43/h1-38H. The highest BCUT2D eigenvalue weighted by molar-refractivity contribution is 6.19. The zero-order chi connectivity index (χ0) is 41.2. The zero-order valence-electron chi connectivity index (χ0n) is 33.7. The Kier molecular flexibility index (Phi) is 9.49. The fourth-order valence-electron chi connectivity index (χ4n) is 8.49.